The molecule has 0 spiro atoms. The van der Waals surface area contributed by atoms with Crippen molar-refractivity contribution in [2.75, 3.05) is 27.7 Å². The van der Waals surface area contributed by atoms with Crippen molar-refractivity contribution in [2.45, 2.75) is 50.1 Å². The Labute approximate surface area is 194 Å². The third-order valence-electron chi connectivity index (χ3n) is 7.66. The maximum atomic E-state index is 13.2. The van der Waals surface area contributed by atoms with E-state index in [9.17, 15) is 19.2 Å². The number of carbonyl (C=O) groups is 4. The zero-order chi connectivity index (χ0) is 23.8. The Morgan fingerprint density at radius 2 is 1.79 bits per heavy atom. The quantitative estimate of drug-likeness (QED) is 0.514. The van der Waals surface area contributed by atoms with Crippen LogP contribution >= 0.6 is 0 Å². The molecule has 0 bridgehead atoms. The van der Waals surface area contributed by atoms with Crippen molar-refractivity contribution in [3.8, 4) is 0 Å². The lowest BCUT2D eigenvalue weighted by Gasteiger charge is -2.33. The summed E-state index contributed by atoms with van der Waals surface area (Å²) in [7, 11) is 4.50. The minimum atomic E-state index is -1.38. The number of nitrogens with one attached hydrogen (secondary N) is 1. The van der Waals surface area contributed by atoms with Crippen molar-refractivity contribution in [1.29, 1.82) is 0 Å². The maximum Gasteiger partial charge on any atom is 0.327 e. The van der Waals surface area contributed by atoms with Gasteiger partial charge in [0.1, 0.15) is 5.54 Å². The van der Waals surface area contributed by atoms with Crippen LogP contribution in [0.25, 0.3) is 0 Å². The molecule has 1 aliphatic carbocycles. The van der Waals surface area contributed by atoms with Gasteiger partial charge in [0.2, 0.25) is 17.7 Å². The molecule has 0 unspecified atom stereocenters. The van der Waals surface area contributed by atoms with E-state index in [-0.39, 0.29) is 36.6 Å². The fraction of sp³-hybridized carbons (Fsp3) is 0.600. The van der Waals surface area contributed by atoms with Crippen LogP contribution in [0.2, 0.25) is 0 Å². The van der Waals surface area contributed by atoms with Crippen LogP contribution < -0.4 is 5.32 Å². The molecule has 0 aromatic heterocycles. The van der Waals surface area contributed by atoms with Crippen molar-refractivity contribution in [3.05, 3.63) is 35.9 Å². The summed E-state index contributed by atoms with van der Waals surface area (Å²) >= 11 is 0. The first-order chi connectivity index (χ1) is 15.8. The summed E-state index contributed by atoms with van der Waals surface area (Å²) in [6.07, 6.45) is 5.24. The van der Waals surface area contributed by atoms with Gasteiger partial charge in [0.25, 0.3) is 0 Å². The molecule has 3 aliphatic rings. The third-order valence-corrected chi connectivity index (χ3v) is 7.66. The van der Waals surface area contributed by atoms with Crippen LogP contribution in [0.4, 0.5) is 0 Å². The minimum Gasteiger partial charge on any atom is -0.468 e. The van der Waals surface area contributed by atoms with Gasteiger partial charge in [0.15, 0.2) is 0 Å². The molecule has 8 heteroatoms. The van der Waals surface area contributed by atoms with E-state index in [1.165, 1.54) is 14.2 Å². The Morgan fingerprint density at radius 3 is 2.42 bits per heavy atom. The number of hydrogen-bond acceptors (Lipinski definition) is 6. The SMILES string of the molecule is COC(=O)[C@]1(Cc2ccccc2)N[C@H](CN(C)C(=O)C2CCCCC2)[C@@H]2C(=O)N(C)C(=O)[C@@H]21. The zero-order valence-corrected chi connectivity index (χ0v) is 19.6. The van der Waals surface area contributed by atoms with Crippen molar-refractivity contribution < 1.29 is 23.9 Å². The fourth-order valence-electron chi connectivity index (χ4n) is 5.99. The average molecular weight is 456 g/mol. The van der Waals surface area contributed by atoms with Gasteiger partial charge in [-0.3, -0.25) is 29.4 Å². The second-order valence-corrected chi connectivity index (χ2v) is 9.67. The Kier molecular flexibility index (Phi) is 6.56. The van der Waals surface area contributed by atoms with Gasteiger partial charge in [0, 0.05) is 39.0 Å². The van der Waals surface area contributed by atoms with Crippen LogP contribution in [-0.2, 0) is 30.3 Å². The van der Waals surface area contributed by atoms with Gasteiger partial charge in [-0.1, -0.05) is 49.6 Å². The number of fused-ring (bicyclic) bond motifs is 1. The highest BCUT2D eigenvalue weighted by Crippen LogP contribution is 2.45. The Balaban J connectivity index is 1.65. The molecule has 8 nitrogen and oxygen atoms in total. The van der Waals surface area contributed by atoms with Crippen molar-refractivity contribution >= 4 is 23.7 Å². The van der Waals surface area contributed by atoms with Crippen LogP contribution in [0.15, 0.2) is 30.3 Å². The molecule has 178 valence electrons. The van der Waals surface area contributed by atoms with E-state index in [2.05, 4.69) is 5.32 Å². The molecular weight excluding hydrogens is 422 g/mol. The van der Waals surface area contributed by atoms with Gasteiger partial charge in [-0.05, 0) is 18.4 Å². The highest BCUT2D eigenvalue weighted by molar-refractivity contribution is 6.09. The number of ether oxygens (including phenoxy) is 1. The first kappa shape index (κ1) is 23.4. The summed E-state index contributed by atoms with van der Waals surface area (Å²) in [6.45, 7) is 0.247. The van der Waals surface area contributed by atoms with E-state index < -0.39 is 29.4 Å². The molecule has 0 radical (unpaired) electrons. The molecule has 4 atom stereocenters. The van der Waals surface area contributed by atoms with Gasteiger partial charge in [-0.2, -0.15) is 0 Å². The monoisotopic (exact) mass is 455 g/mol. The number of nitrogens with zero attached hydrogens (tertiary/aromatic N) is 2. The normalized spacial score (nSPS) is 29.8. The molecule has 1 N–H and O–H groups in total. The topological polar surface area (TPSA) is 96.0 Å². The maximum absolute atomic E-state index is 13.2. The van der Waals surface area contributed by atoms with E-state index in [1.54, 1.807) is 11.9 Å². The Hall–Kier alpha value is -2.74. The van der Waals surface area contributed by atoms with Crippen LogP contribution in [0.3, 0.4) is 0 Å². The van der Waals surface area contributed by atoms with E-state index in [0.717, 1.165) is 42.6 Å². The summed E-state index contributed by atoms with van der Waals surface area (Å²) in [6, 6.07) is 8.86. The van der Waals surface area contributed by atoms with E-state index in [4.69, 9.17) is 4.74 Å². The lowest BCUT2D eigenvalue weighted by atomic mass is 9.76. The standard InChI is InChI=1S/C25H33N3O5/c1-27(21(29)17-12-8-5-9-13-17)15-18-19-20(23(31)28(2)22(19)30)25(26-18,24(32)33-3)14-16-10-6-4-7-11-16/h4,6-7,10-11,17-20,26H,5,8-9,12-15H2,1-3H3/t18-,19+,20-,25-/m1/s1. The highest BCUT2D eigenvalue weighted by atomic mass is 16.5. The van der Waals surface area contributed by atoms with Crippen LogP contribution in [0, 0.1) is 17.8 Å². The number of hydrogen-bond donors (Lipinski definition) is 1. The number of amides is 3. The molecule has 1 aromatic carbocycles. The summed E-state index contributed by atoms with van der Waals surface area (Å²) in [5, 5.41) is 3.34. The number of likely N-dealkylation sites (tertiary alicyclic amines) is 1. The van der Waals surface area contributed by atoms with Crippen molar-refractivity contribution in [3.63, 3.8) is 0 Å². The number of benzene rings is 1. The molecular formula is C25H33N3O5. The molecule has 2 heterocycles. The molecule has 3 fully saturated rings. The fourth-order valence-corrected chi connectivity index (χ4v) is 5.99. The largest absolute Gasteiger partial charge is 0.468 e. The van der Waals surface area contributed by atoms with Gasteiger partial charge < -0.3 is 9.64 Å². The first-order valence-electron chi connectivity index (χ1n) is 11.8. The number of carbonyl (C=O) groups excluding carboxylic acids is 4. The average Bonchev–Trinajstić information content (AvgIpc) is 3.28. The number of imide groups is 1. The van der Waals surface area contributed by atoms with Gasteiger partial charge in [0.05, 0.1) is 18.9 Å². The van der Waals surface area contributed by atoms with Crippen molar-refractivity contribution in [1.82, 2.24) is 15.1 Å². The number of methoxy groups -OCH3 is 1. The lowest BCUT2D eigenvalue weighted by Crippen LogP contribution is -2.59. The number of esters is 1. The predicted molar refractivity (Wildman–Crippen MR) is 121 cm³/mol. The van der Waals surface area contributed by atoms with Crippen LogP contribution in [0.1, 0.15) is 37.7 Å². The minimum absolute atomic E-state index is 0.000724. The highest BCUT2D eigenvalue weighted by Gasteiger charge is 2.68. The molecule has 2 aliphatic heterocycles. The molecule has 3 amide bonds. The summed E-state index contributed by atoms with van der Waals surface area (Å²) in [5.41, 5.74) is -0.520. The van der Waals surface area contributed by atoms with E-state index in [1.807, 2.05) is 30.3 Å². The molecule has 33 heavy (non-hydrogen) atoms. The molecule has 1 aromatic rings. The first-order valence-corrected chi connectivity index (χ1v) is 11.8. The second kappa shape index (κ2) is 9.25. The molecule has 2 saturated heterocycles. The lowest BCUT2D eigenvalue weighted by molar-refractivity contribution is -0.153. The van der Waals surface area contributed by atoms with E-state index >= 15 is 0 Å². The zero-order valence-electron chi connectivity index (χ0n) is 19.6. The Bertz CT molecular complexity index is 929. The van der Waals surface area contributed by atoms with Crippen LogP contribution in [0.5, 0.6) is 0 Å². The molecule has 4 rings (SSSR count). The predicted octanol–water partition coefficient (Wildman–Crippen LogP) is 1.38. The van der Waals surface area contributed by atoms with Crippen molar-refractivity contribution in [2.24, 2.45) is 17.8 Å². The second-order valence-electron chi connectivity index (χ2n) is 9.67. The summed E-state index contributed by atoms with van der Waals surface area (Å²) in [4.78, 5) is 55.4. The summed E-state index contributed by atoms with van der Waals surface area (Å²) in [5.74, 6) is -2.82. The number of likely N-dealkylation sites (N-methyl/N-ethyl adjacent to an activating group) is 1. The number of rotatable bonds is 6. The molecule has 1 saturated carbocycles. The van der Waals surface area contributed by atoms with Gasteiger partial charge >= 0.3 is 5.97 Å². The van der Waals surface area contributed by atoms with Gasteiger partial charge in [-0.15, -0.1) is 0 Å². The Morgan fingerprint density at radius 1 is 1.12 bits per heavy atom. The van der Waals surface area contributed by atoms with Crippen LogP contribution in [-0.4, -0.2) is 72.8 Å². The summed E-state index contributed by atoms with van der Waals surface area (Å²) < 4.78 is 5.17. The smallest absolute Gasteiger partial charge is 0.327 e. The third kappa shape index (κ3) is 4.05. The van der Waals surface area contributed by atoms with Gasteiger partial charge in [-0.25, -0.2) is 0 Å². The van der Waals surface area contributed by atoms with E-state index in [0.29, 0.717) is 0 Å².